The van der Waals surface area contributed by atoms with Gasteiger partial charge in [-0.25, -0.2) is 4.68 Å². The number of rotatable bonds is 5. The van der Waals surface area contributed by atoms with Gasteiger partial charge in [-0.3, -0.25) is 9.59 Å². The van der Waals surface area contributed by atoms with E-state index in [2.05, 4.69) is 24.1 Å². The van der Waals surface area contributed by atoms with Gasteiger partial charge in [0.25, 0.3) is 0 Å². The van der Waals surface area contributed by atoms with Crippen LogP contribution in [0, 0.1) is 5.41 Å². The minimum Gasteiger partial charge on any atom is -0.328 e. The summed E-state index contributed by atoms with van der Waals surface area (Å²) in [7, 11) is 0. The summed E-state index contributed by atoms with van der Waals surface area (Å²) in [6, 6.07) is 16.3. The van der Waals surface area contributed by atoms with Crippen molar-refractivity contribution in [2.45, 2.75) is 37.9 Å². The third-order valence-corrected chi connectivity index (χ3v) is 6.98. The average molecular weight is 479 g/mol. The Morgan fingerprint density at radius 3 is 2.73 bits per heavy atom. The van der Waals surface area contributed by atoms with Gasteiger partial charge in [-0.1, -0.05) is 79.7 Å². The molecule has 2 aliphatic rings. The number of anilines is 1. The molecule has 1 aliphatic carbocycles. The molecule has 0 fully saturated rings. The number of fused-ring (bicyclic) bond motifs is 1. The van der Waals surface area contributed by atoms with Crippen LogP contribution in [0.15, 0.2) is 71.0 Å². The zero-order valence-corrected chi connectivity index (χ0v) is 19.9. The molecule has 3 aromatic rings. The molecule has 1 N–H and O–H groups in total. The summed E-state index contributed by atoms with van der Waals surface area (Å²) in [4.78, 5) is 30.4. The van der Waals surface area contributed by atoms with Gasteiger partial charge in [-0.05, 0) is 29.5 Å². The third kappa shape index (κ3) is 4.35. The van der Waals surface area contributed by atoms with Crippen LogP contribution in [-0.2, 0) is 4.79 Å². The number of benzene rings is 2. The lowest BCUT2D eigenvalue weighted by molar-refractivity contribution is -0.118. The van der Waals surface area contributed by atoms with Gasteiger partial charge in [0.1, 0.15) is 6.04 Å². The minimum absolute atomic E-state index is 0.0158. The Morgan fingerprint density at radius 1 is 1.18 bits per heavy atom. The lowest BCUT2D eigenvalue weighted by Crippen LogP contribution is -2.36. The number of thioether (sulfide) groups is 1. The van der Waals surface area contributed by atoms with E-state index in [9.17, 15) is 9.59 Å². The predicted octanol–water partition coefficient (Wildman–Crippen LogP) is 5.56. The standard InChI is InChI=1S/C25H23ClN4O2S/c1-25(2)12-18-21(19(31)13-25)22(16-9-6-10-17(26)11-16)30-23(27-18)28-24(29-30)33-14-20(32)15-7-4-3-5-8-15/h3-11,22H,12-14H2,1-2H3,(H,27,28,29). The first-order chi connectivity index (χ1) is 15.8. The molecule has 0 bridgehead atoms. The third-order valence-electron chi connectivity index (χ3n) is 5.91. The van der Waals surface area contributed by atoms with Gasteiger partial charge in [-0.2, -0.15) is 4.98 Å². The molecule has 0 saturated carbocycles. The van der Waals surface area contributed by atoms with Crippen molar-refractivity contribution in [3.8, 4) is 0 Å². The zero-order chi connectivity index (χ0) is 23.2. The van der Waals surface area contributed by atoms with Gasteiger partial charge in [0.2, 0.25) is 11.1 Å². The number of nitrogens with zero attached hydrogens (tertiary/aromatic N) is 3. The van der Waals surface area contributed by atoms with Crippen LogP contribution < -0.4 is 5.32 Å². The summed E-state index contributed by atoms with van der Waals surface area (Å²) in [5.74, 6) is 0.920. The summed E-state index contributed by atoms with van der Waals surface area (Å²) in [6.07, 6.45) is 1.22. The molecule has 1 unspecified atom stereocenters. The molecule has 33 heavy (non-hydrogen) atoms. The highest BCUT2D eigenvalue weighted by molar-refractivity contribution is 7.99. The molecule has 0 radical (unpaired) electrons. The van der Waals surface area contributed by atoms with E-state index < -0.39 is 6.04 Å². The Morgan fingerprint density at radius 2 is 1.97 bits per heavy atom. The molecule has 5 rings (SSSR count). The van der Waals surface area contributed by atoms with Gasteiger partial charge in [0, 0.05) is 28.3 Å². The molecule has 0 saturated heterocycles. The number of carbonyl (C=O) groups is 2. The Labute approximate surface area is 201 Å². The van der Waals surface area contributed by atoms with Gasteiger partial charge in [0.15, 0.2) is 11.6 Å². The number of carbonyl (C=O) groups excluding carboxylic acids is 2. The van der Waals surface area contributed by atoms with Crippen molar-refractivity contribution in [1.82, 2.24) is 14.8 Å². The highest BCUT2D eigenvalue weighted by Crippen LogP contribution is 2.45. The fraction of sp³-hybridized carbons (Fsp3) is 0.280. The summed E-state index contributed by atoms with van der Waals surface area (Å²) >= 11 is 7.58. The second kappa shape index (κ2) is 8.47. The highest BCUT2D eigenvalue weighted by atomic mass is 35.5. The normalized spacial score (nSPS) is 19.0. The van der Waals surface area contributed by atoms with E-state index in [1.807, 2.05) is 42.5 Å². The van der Waals surface area contributed by atoms with E-state index in [0.29, 0.717) is 33.7 Å². The smallest absolute Gasteiger partial charge is 0.227 e. The Balaban J connectivity index is 1.50. The van der Waals surface area contributed by atoms with Crippen molar-refractivity contribution in [1.29, 1.82) is 0 Å². The molecule has 6 nitrogen and oxygen atoms in total. The number of Topliss-reactive ketones (excluding diaryl/α,β-unsaturated/α-hetero) is 2. The first kappa shape index (κ1) is 21.9. The van der Waals surface area contributed by atoms with Crippen molar-refractivity contribution in [2.24, 2.45) is 5.41 Å². The van der Waals surface area contributed by atoms with Gasteiger partial charge in [0.05, 0.1) is 5.75 Å². The molecular formula is C25H23ClN4O2S. The van der Waals surface area contributed by atoms with Gasteiger partial charge in [-0.15, -0.1) is 5.10 Å². The number of ketones is 2. The first-order valence-electron chi connectivity index (χ1n) is 10.8. The monoisotopic (exact) mass is 478 g/mol. The van der Waals surface area contributed by atoms with E-state index in [4.69, 9.17) is 16.7 Å². The molecular weight excluding hydrogens is 456 g/mol. The van der Waals surface area contributed by atoms with Crippen molar-refractivity contribution in [3.05, 3.63) is 82.0 Å². The first-order valence-corrected chi connectivity index (χ1v) is 12.1. The number of allylic oxidation sites excluding steroid dienone is 2. The molecule has 0 spiro atoms. The van der Waals surface area contributed by atoms with Crippen LogP contribution in [-0.4, -0.2) is 32.1 Å². The number of hydrogen-bond donors (Lipinski definition) is 1. The summed E-state index contributed by atoms with van der Waals surface area (Å²) in [6.45, 7) is 4.20. The predicted molar refractivity (Wildman–Crippen MR) is 130 cm³/mol. The maximum Gasteiger partial charge on any atom is 0.227 e. The molecule has 1 atom stereocenters. The summed E-state index contributed by atoms with van der Waals surface area (Å²) in [5.41, 5.74) is 3.01. The SMILES string of the molecule is CC1(C)CC(=O)C2=C(C1)Nc1nc(SCC(=O)c3ccccc3)nn1C2c1cccc(Cl)c1. The van der Waals surface area contributed by atoms with E-state index in [0.717, 1.165) is 17.7 Å². The second-order valence-electron chi connectivity index (χ2n) is 9.16. The van der Waals surface area contributed by atoms with Crippen LogP contribution in [0.5, 0.6) is 0 Å². The second-order valence-corrected chi connectivity index (χ2v) is 10.5. The van der Waals surface area contributed by atoms with Crippen LogP contribution in [0.3, 0.4) is 0 Å². The molecule has 1 aromatic heterocycles. The maximum absolute atomic E-state index is 13.3. The van der Waals surface area contributed by atoms with Crippen LogP contribution in [0.2, 0.25) is 5.02 Å². The van der Waals surface area contributed by atoms with Crippen molar-refractivity contribution in [3.63, 3.8) is 0 Å². The lowest BCUT2D eigenvalue weighted by atomic mass is 9.73. The van der Waals surface area contributed by atoms with Crippen LogP contribution >= 0.6 is 23.4 Å². The number of nitrogens with one attached hydrogen (secondary N) is 1. The fourth-order valence-corrected chi connectivity index (χ4v) is 5.40. The minimum atomic E-state index is -0.412. The van der Waals surface area contributed by atoms with Crippen LogP contribution in [0.1, 0.15) is 48.7 Å². The molecule has 0 amide bonds. The molecule has 2 aromatic carbocycles. The Bertz CT molecular complexity index is 1280. The van der Waals surface area contributed by atoms with E-state index >= 15 is 0 Å². The highest BCUT2D eigenvalue weighted by Gasteiger charge is 2.41. The maximum atomic E-state index is 13.3. The topological polar surface area (TPSA) is 76.9 Å². The molecule has 2 heterocycles. The number of hydrogen-bond acceptors (Lipinski definition) is 6. The van der Waals surface area contributed by atoms with E-state index in [1.54, 1.807) is 16.8 Å². The Kier molecular flexibility index (Phi) is 5.62. The van der Waals surface area contributed by atoms with E-state index in [1.165, 1.54) is 11.8 Å². The molecule has 8 heteroatoms. The fourth-order valence-electron chi connectivity index (χ4n) is 4.47. The van der Waals surface area contributed by atoms with Gasteiger partial charge >= 0.3 is 0 Å². The number of halogens is 1. The van der Waals surface area contributed by atoms with Crippen molar-refractivity contribution < 1.29 is 9.59 Å². The zero-order valence-electron chi connectivity index (χ0n) is 18.3. The lowest BCUT2D eigenvalue weighted by Gasteiger charge is -2.38. The summed E-state index contributed by atoms with van der Waals surface area (Å²) in [5, 5.41) is 9.13. The van der Waals surface area contributed by atoms with Crippen LogP contribution in [0.4, 0.5) is 5.95 Å². The van der Waals surface area contributed by atoms with Crippen LogP contribution in [0.25, 0.3) is 0 Å². The molecule has 1 aliphatic heterocycles. The quantitative estimate of drug-likeness (QED) is 0.382. The summed E-state index contributed by atoms with van der Waals surface area (Å²) < 4.78 is 1.75. The largest absolute Gasteiger partial charge is 0.328 e. The molecule has 168 valence electrons. The average Bonchev–Trinajstić information content (AvgIpc) is 3.18. The van der Waals surface area contributed by atoms with Gasteiger partial charge < -0.3 is 5.32 Å². The van der Waals surface area contributed by atoms with E-state index in [-0.39, 0.29) is 22.7 Å². The van der Waals surface area contributed by atoms with Crippen molar-refractivity contribution >= 4 is 40.9 Å². The number of aromatic nitrogens is 3. The Hall–Kier alpha value is -2.90. The van der Waals surface area contributed by atoms with Crippen molar-refractivity contribution in [2.75, 3.05) is 11.1 Å².